The molecule has 1 aliphatic carbocycles. The molecule has 1 aliphatic heterocycles. The standard InChI is InChI=1S/C10H15NO2/c1-9(2)6-4-5-10(9,3)8(13)11-7(6)12/h6H,4-5H2,1-3H3,(H,11,12,13)/t6-,10-/m0/s1. The molecule has 72 valence electrons. The predicted molar refractivity (Wildman–Crippen MR) is 47.8 cm³/mol. The van der Waals surface area contributed by atoms with Gasteiger partial charge in [0.05, 0.1) is 5.41 Å². The number of carbonyl (C=O) groups excluding carboxylic acids is 2. The summed E-state index contributed by atoms with van der Waals surface area (Å²) in [4.78, 5) is 23.2. The minimum absolute atomic E-state index is 0.0233. The van der Waals surface area contributed by atoms with Crippen molar-refractivity contribution in [3.63, 3.8) is 0 Å². The second kappa shape index (κ2) is 2.14. The molecular formula is C10H15NO2. The quantitative estimate of drug-likeness (QED) is 0.568. The number of hydrogen-bond donors (Lipinski definition) is 1. The van der Waals surface area contributed by atoms with Crippen molar-refractivity contribution in [1.29, 1.82) is 0 Å². The van der Waals surface area contributed by atoms with Crippen molar-refractivity contribution in [2.24, 2.45) is 16.7 Å². The van der Waals surface area contributed by atoms with Crippen LogP contribution in [0.25, 0.3) is 0 Å². The Morgan fingerprint density at radius 2 is 1.92 bits per heavy atom. The largest absolute Gasteiger partial charge is 0.296 e. The molecule has 0 unspecified atom stereocenters. The van der Waals surface area contributed by atoms with Gasteiger partial charge in [-0.15, -0.1) is 0 Å². The number of fused-ring (bicyclic) bond motifs is 2. The first-order valence-corrected chi connectivity index (χ1v) is 4.75. The monoisotopic (exact) mass is 181 g/mol. The Morgan fingerprint density at radius 3 is 2.54 bits per heavy atom. The maximum atomic E-state index is 11.7. The summed E-state index contributed by atoms with van der Waals surface area (Å²) in [5.74, 6) is -0.142. The lowest BCUT2D eigenvalue weighted by Crippen LogP contribution is -2.57. The summed E-state index contributed by atoms with van der Waals surface area (Å²) in [6.07, 6.45) is 1.68. The van der Waals surface area contributed by atoms with E-state index in [1.54, 1.807) is 0 Å². The molecule has 2 atom stereocenters. The molecule has 1 saturated carbocycles. The Bertz CT molecular complexity index is 295. The number of nitrogens with one attached hydrogen (secondary N) is 1. The molecule has 0 aromatic rings. The van der Waals surface area contributed by atoms with Crippen LogP contribution < -0.4 is 5.32 Å². The SMILES string of the molecule is CC1(C)[C@H]2CC[C@@]1(C)C(=O)NC2=O. The average molecular weight is 181 g/mol. The second-order valence-electron chi connectivity index (χ2n) is 4.96. The molecular weight excluding hydrogens is 166 g/mol. The minimum Gasteiger partial charge on any atom is -0.296 e. The summed E-state index contributed by atoms with van der Waals surface area (Å²) in [7, 11) is 0. The van der Waals surface area contributed by atoms with Gasteiger partial charge in [-0.05, 0) is 18.3 Å². The molecule has 0 spiro atoms. The van der Waals surface area contributed by atoms with E-state index >= 15 is 0 Å². The third-order valence-corrected chi connectivity index (χ3v) is 4.28. The summed E-state index contributed by atoms with van der Waals surface area (Å²) < 4.78 is 0. The maximum Gasteiger partial charge on any atom is 0.233 e. The number of imide groups is 1. The van der Waals surface area contributed by atoms with Gasteiger partial charge < -0.3 is 0 Å². The smallest absolute Gasteiger partial charge is 0.233 e. The molecule has 1 N–H and O–H groups in total. The van der Waals surface area contributed by atoms with Crippen molar-refractivity contribution < 1.29 is 9.59 Å². The molecule has 0 radical (unpaired) electrons. The van der Waals surface area contributed by atoms with Crippen LogP contribution >= 0.6 is 0 Å². The summed E-state index contributed by atoms with van der Waals surface area (Å²) in [5.41, 5.74) is -0.516. The number of hydrogen-bond acceptors (Lipinski definition) is 2. The number of carbonyl (C=O) groups is 2. The Balaban J connectivity index is 2.51. The van der Waals surface area contributed by atoms with Crippen molar-refractivity contribution in [1.82, 2.24) is 5.32 Å². The molecule has 2 bridgehead atoms. The van der Waals surface area contributed by atoms with Gasteiger partial charge in [0.2, 0.25) is 11.8 Å². The van der Waals surface area contributed by atoms with Crippen LogP contribution in [-0.4, -0.2) is 11.8 Å². The van der Waals surface area contributed by atoms with Gasteiger partial charge in [0.15, 0.2) is 0 Å². The molecule has 1 heterocycles. The minimum atomic E-state index is -0.342. The lowest BCUT2D eigenvalue weighted by Gasteiger charge is -2.43. The highest BCUT2D eigenvalue weighted by atomic mass is 16.2. The topological polar surface area (TPSA) is 46.2 Å². The Kier molecular flexibility index (Phi) is 1.44. The number of amides is 2. The van der Waals surface area contributed by atoms with Crippen LogP contribution in [0.2, 0.25) is 0 Å². The van der Waals surface area contributed by atoms with E-state index < -0.39 is 0 Å². The molecule has 0 aromatic carbocycles. The van der Waals surface area contributed by atoms with E-state index in [9.17, 15) is 9.59 Å². The van der Waals surface area contributed by atoms with Gasteiger partial charge in [-0.25, -0.2) is 0 Å². The third-order valence-electron chi connectivity index (χ3n) is 4.28. The molecule has 13 heavy (non-hydrogen) atoms. The summed E-state index contributed by atoms with van der Waals surface area (Å²) >= 11 is 0. The van der Waals surface area contributed by atoms with Gasteiger partial charge in [0, 0.05) is 5.92 Å². The summed E-state index contributed by atoms with van der Waals surface area (Å²) in [6, 6.07) is 0. The fourth-order valence-corrected chi connectivity index (χ4v) is 2.70. The van der Waals surface area contributed by atoms with Crippen LogP contribution in [0.15, 0.2) is 0 Å². The summed E-state index contributed by atoms with van der Waals surface area (Å²) in [6.45, 7) is 6.03. The van der Waals surface area contributed by atoms with Gasteiger partial charge in [0.25, 0.3) is 0 Å². The van der Waals surface area contributed by atoms with Gasteiger partial charge in [-0.3, -0.25) is 14.9 Å². The zero-order chi connectivity index (χ0) is 9.85. The molecule has 2 aliphatic rings. The van der Waals surface area contributed by atoms with Crippen LogP contribution in [0.5, 0.6) is 0 Å². The van der Waals surface area contributed by atoms with Gasteiger partial charge in [-0.2, -0.15) is 0 Å². The van der Waals surface area contributed by atoms with Gasteiger partial charge >= 0.3 is 0 Å². The number of piperidine rings is 1. The highest BCUT2D eigenvalue weighted by molar-refractivity contribution is 6.03. The first kappa shape index (κ1) is 8.73. The predicted octanol–water partition coefficient (Wildman–Crippen LogP) is 1.09. The van der Waals surface area contributed by atoms with Gasteiger partial charge in [-0.1, -0.05) is 20.8 Å². The highest BCUT2D eigenvalue weighted by Crippen LogP contribution is 2.57. The van der Waals surface area contributed by atoms with Crippen LogP contribution in [0.3, 0.4) is 0 Å². The average Bonchev–Trinajstić information content (AvgIpc) is 2.16. The first-order chi connectivity index (χ1) is 5.89. The molecule has 3 heteroatoms. The fourth-order valence-electron chi connectivity index (χ4n) is 2.70. The van der Waals surface area contributed by atoms with Crippen LogP contribution in [0, 0.1) is 16.7 Å². The number of rotatable bonds is 0. The van der Waals surface area contributed by atoms with Crippen LogP contribution in [-0.2, 0) is 9.59 Å². The Hall–Kier alpha value is -0.860. The van der Waals surface area contributed by atoms with E-state index in [0.717, 1.165) is 12.8 Å². The molecule has 0 aromatic heterocycles. The lowest BCUT2D eigenvalue weighted by atomic mass is 9.63. The van der Waals surface area contributed by atoms with Crippen LogP contribution in [0.4, 0.5) is 0 Å². The van der Waals surface area contributed by atoms with Crippen molar-refractivity contribution in [2.45, 2.75) is 33.6 Å². The zero-order valence-corrected chi connectivity index (χ0v) is 8.31. The maximum absolute atomic E-state index is 11.7. The molecule has 1 saturated heterocycles. The van der Waals surface area contributed by atoms with Crippen molar-refractivity contribution in [2.75, 3.05) is 0 Å². The van der Waals surface area contributed by atoms with Crippen LogP contribution in [0.1, 0.15) is 33.6 Å². The van der Waals surface area contributed by atoms with E-state index in [0.29, 0.717) is 0 Å². The zero-order valence-electron chi connectivity index (χ0n) is 8.31. The van der Waals surface area contributed by atoms with E-state index in [1.807, 2.05) is 20.8 Å². The van der Waals surface area contributed by atoms with E-state index in [2.05, 4.69) is 5.32 Å². The van der Waals surface area contributed by atoms with Crippen molar-refractivity contribution in [3.05, 3.63) is 0 Å². The summed E-state index contributed by atoms with van der Waals surface area (Å²) in [5, 5.41) is 2.46. The van der Waals surface area contributed by atoms with E-state index in [4.69, 9.17) is 0 Å². The first-order valence-electron chi connectivity index (χ1n) is 4.75. The van der Waals surface area contributed by atoms with Crippen molar-refractivity contribution in [3.8, 4) is 0 Å². The molecule has 2 amide bonds. The fraction of sp³-hybridized carbons (Fsp3) is 0.800. The lowest BCUT2D eigenvalue weighted by molar-refractivity contribution is -0.150. The Morgan fingerprint density at radius 1 is 1.31 bits per heavy atom. The molecule has 3 nitrogen and oxygen atoms in total. The van der Waals surface area contributed by atoms with Crippen molar-refractivity contribution >= 4 is 11.8 Å². The van der Waals surface area contributed by atoms with Gasteiger partial charge in [0.1, 0.15) is 0 Å². The molecule has 2 rings (SSSR count). The third kappa shape index (κ3) is 0.798. The second-order valence-corrected chi connectivity index (χ2v) is 4.96. The van der Waals surface area contributed by atoms with E-state index in [1.165, 1.54) is 0 Å². The highest BCUT2D eigenvalue weighted by Gasteiger charge is 2.61. The molecule has 2 fully saturated rings. The van der Waals surface area contributed by atoms with E-state index in [-0.39, 0.29) is 28.6 Å². The normalized spacial score (nSPS) is 41.9. The Labute approximate surface area is 77.9 Å².